The molecule has 1 aliphatic rings. The van der Waals surface area contributed by atoms with Crippen molar-refractivity contribution in [2.45, 2.75) is 32.9 Å². The van der Waals surface area contributed by atoms with E-state index in [0.29, 0.717) is 31.9 Å². The summed E-state index contributed by atoms with van der Waals surface area (Å²) in [6, 6.07) is 3.90. The number of halogens is 2. The highest BCUT2D eigenvalue weighted by Crippen LogP contribution is 2.35. The fraction of sp³-hybridized carbons (Fsp3) is 0.400. The minimum absolute atomic E-state index is 0.00448. The van der Waals surface area contributed by atoms with Gasteiger partial charge in [-0.15, -0.1) is 0 Å². The lowest BCUT2D eigenvalue weighted by atomic mass is 10.1. The van der Waals surface area contributed by atoms with Crippen molar-refractivity contribution in [1.29, 1.82) is 0 Å². The topological polar surface area (TPSA) is 73.1 Å². The third kappa shape index (κ3) is 3.73. The number of amides is 1. The Morgan fingerprint density at radius 2 is 2.17 bits per heavy atom. The standard InChI is InChI=1S/C20H21ClFN5O2S/c1-11-17-16(6-9-29-3)24-18(19-23-12(2)25-30-19)27(17)8-7-26(11)20(28)13-4-5-14(21)15(22)10-13/h4-5,10-11H,6-9H2,1-3H3/t11-/m1/s1. The van der Waals surface area contributed by atoms with E-state index < -0.39 is 5.82 Å². The van der Waals surface area contributed by atoms with Crippen molar-refractivity contribution in [3.63, 3.8) is 0 Å². The summed E-state index contributed by atoms with van der Waals surface area (Å²) in [4.78, 5) is 24.2. The van der Waals surface area contributed by atoms with E-state index in [0.717, 1.165) is 22.2 Å². The van der Waals surface area contributed by atoms with Gasteiger partial charge in [-0.05, 0) is 43.6 Å². The third-order valence-electron chi connectivity index (χ3n) is 5.20. The van der Waals surface area contributed by atoms with Gasteiger partial charge in [0.2, 0.25) is 0 Å². The first-order chi connectivity index (χ1) is 14.4. The van der Waals surface area contributed by atoms with E-state index in [4.69, 9.17) is 21.3 Å². The molecule has 7 nitrogen and oxygen atoms in total. The molecule has 0 aliphatic carbocycles. The number of fused-ring (bicyclic) bond motifs is 1. The van der Waals surface area contributed by atoms with Crippen LogP contribution in [0.3, 0.4) is 0 Å². The molecule has 2 aromatic heterocycles. The molecule has 3 aromatic rings. The quantitative estimate of drug-likeness (QED) is 0.590. The van der Waals surface area contributed by atoms with Crippen LogP contribution in [0.15, 0.2) is 18.2 Å². The molecule has 4 rings (SSSR count). The van der Waals surface area contributed by atoms with Crippen LogP contribution in [0.2, 0.25) is 5.02 Å². The monoisotopic (exact) mass is 449 g/mol. The Morgan fingerprint density at radius 3 is 2.83 bits per heavy atom. The number of imidazole rings is 1. The van der Waals surface area contributed by atoms with Gasteiger partial charge in [-0.25, -0.2) is 14.4 Å². The van der Waals surface area contributed by atoms with E-state index in [1.807, 2.05) is 13.8 Å². The van der Waals surface area contributed by atoms with Crippen LogP contribution < -0.4 is 0 Å². The number of aromatic nitrogens is 4. The molecule has 0 unspecified atom stereocenters. The van der Waals surface area contributed by atoms with Gasteiger partial charge in [0.05, 0.1) is 29.1 Å². The minimum atomic E-state index is -0.605. The van der Waals surface area contributed by atoms with Gasteiger partial charge in [-0.1, -0.05) is 11.6 Å². The summed E-state index contributed by atoms with van der Waals surface area (Å²) in [6.07, 6.45) is 0.617. The van der Waals surface area contributed by atoms with Crippen LogP contribution in [0.1, 0.15) is 40.5 Å². The van der Waals surface area contributed by atoms with E-state index in [1.165, 1.54) is 23.7 Å². The van der Waals surface area contributed by atoms with Gasteiger partial charge < -0.3 is 14.2 Å². The van der Waals surface area contributed by atoms with E-state index in [-0.39, 0.29) is 22.5 Å². The Morgan fingerprint density at radius 1 is 1.37 bits per heavy atom. The summed E-state index contributed by atoms with van der Waals surface area (Å²) >= 11 is 7.08. The fourth-order valence-corrected chi connectivity index (χ4v) is 4.55. The molecule has 0 saturated carbocycles. The zero-order valence-corrected chi connectivity index (χ0v) is 18.4. The molecule has 0 bridgehead atoms. The zero-order chi connectivity index (χ0) is 21.4. The molecule has 158 valence electrons. The van der Waals surface area contributed by atoms with Gasteiger partial charge in [-0.3, -0.25) is 4.79 Å². The Balaban J connectivity index is 1.72. The Hall–Kier alpha value is -2.36. The normalized spacial score (nSPS) is 16.0. The predicted octanol–water partition coefficient (Wildman–Crippen LogP) is 3.91. The highest BCUT2D eigenvalue weighted by atomic mass is 35.5. The lowest BCUT2D eigenvalue weighted by molar-refractivity contribution is 0.0642. The van der Waals surface area contributed by atoms with Crippen LogP contribution in [0.4, 0.5) is 4.39 Å². The maximum atomic E-state index is 13.9. The highest BCUT2D eigenvalue weighted by molar-refractivity contribution is 7.09. The third-order valence-corrected chi connectivity index (χ3v) is 6.31. The second kappa shape index (κ2) is 8.41. The molecule has 0 fully saturated rings. The fourth-order valence-electron chi connectivity index (χ4n) is 3.76. The smallest absolute Gasteiger partial charge is 0.254 e. The summed E-state index contributed by atoms with van der Waals surface area (Å²) in [5, 5.41) is 0.749. The Labute approximate surface area is 182 Å². The SMILES string of the molecule is COCCc1nc(-c2nc(C)ns2)n2c1[C@@H](C)N(C(=O)c1ccc(Cl)c(F)c1)CC2. The average Bonchev–Trinajstić information content (AvgIpc) is 3.32. The number of carbonyl (C=O) groups excluding carboxylic acids is 1. The number of hydrogen-bond acceptors (Lipinski definition) is 6. The first-order valence-electron chi connectivity index (χ1n) is 9.55. The molecule has 0 N–H and O–H groups in total. The van der Waals surface area contributed by atoms with Gasteiger partial charge >= 0.3 is 0 Å². The highest BCUT2D eigenvalue weighted by Gasteiger charge is 2.34. The van der Waals surface area contributed by atoms with Crippen molar-refractivity contribution >= 4 is 29.0 Å². The van der Waals surface area contributed by atoms with E-state index in [2.05, 4.69) is 13.9 Å². The van der Waals surface area contributed by atoms with Gasteiger partial charge in [-0.2, -0.15) is 4.37 Å². The van der Waals surface area contributed by atoms with Crippen molar-refractivity contribution in [3.8, 4) is 10.8 Å². The van der Waals surface area contributed by atoms with Crippen LogP contribution in [0.25, 0.3) is 10.8 Å². The van der Waals surface area contributed by atoms with Crippen LogP contribution in [-0.4, -0.2) is 50.0 Å². The molecule has 3 heterocycles. The van der Waals surface area contributed by atoms with Gasteiger partial charge in [0.15, 0.2) is 10.8 Å². The number of carbonyl (C=O) groups is 1. The second-order valence-corrected chi connectivity index (χ2v) is 8.27. The molecule has 1 atom stereocenters. The van der Waals surface area contributed by atoms with Crippen molar-refractivity contribution in [2.24, 2.45) is 0 Å². The molecule has 1 aliphatic heterocycles. The minimum Gasteiger partial charge on any atom is -0.384 e. The van der Waals surface area contributed by atoms with Crippen molar-refractivity contribution in [1.82, 2.24) is 23.8 Å². The van der Waals surface area contributed by atoms with E-state index in [1.54, 1.807) is 18.1 Å². The number of rotatable bonds is 5. The molecule has 10 heteroatoms. The predicted molar refractivity (Wildman–Crippen MR) is 112 cm³/mol. The largest absolute Gasteiger partial charge is 0.384 e. The number of nitrogens with zero attached hydrogens (tertiary/aromatic N) is 5. The first-order valence-corrected chi connectivity index (χ1v) is 10.7. The van der Waals surface area contributed by atoms with Crippen molar-refractivity contribution < 1.29 is 13.9 Å². The summed E-state index contributed by atoms with van der Waals surface area (Å²) < 4.78 is 25.5. The number of hydrogen-bond donors (Lipinski definition) is 0. The maximum Gasteiger partial charge on any atom is 0.254 e. The van der Waals surface area contributed by atoms with Crippen molar-refractivity contribution in [3.05, 3.63) is 51.8 Å². The molecule has 0 spiro atoms. The molecule has 1 amide bonds. The van der Waals surface area contributed by atoms with Gasteiger partial charge in [0.1, 0.15) is 11.6 Å². The average molecular weight is 450 g/mol. The van der Waals surface area contributed by atoms with Crippen molar-refractivity contribution in [2.75, 3.05) is 20.3 Å². The summed E-state index contributed by atoms with van der Waals surface area (Å²) in [5.74, 6) is 0.623. The van der Waals surface area contributed by atoms with Crippen LogP contribution in [-0.2, 0) is 17.7 Å². The van der Waals surface area contributed by atoms with Crippen LogP contribution in [0.5, 0.6) is 0 Å². The Bertz CT molecular complexity index is 1100. The molecule has 0 radical (unpaired) electrons. The molecule has 0 saturated heterocycles. The summed E-state index contributed by atoms with van der Waals surface area (Å²) in [7, 11) is 1.64. The number of ether oxygens (including phenoxy) is 1. The molecular weight excluding hydrogens is 429 g/mol. The van der Waals surface area contributed by atoms with Gasteiger partial charge in [0, 0.05) is 32.2 Å². The van der Waals surface area contributed by atoms with Gasteiger partial charge in [0.25, 0.3) is 5.91 Å². The summed E-state index contributed by atoms with van der Waals surface area (Å²) in [5.41, 5.74) is 2.09. The maximum absolute atomic E-state index is 13.9. The van der Waals surface area contributed by atoms with E-state index in [9.17, 15) is 9.18 Å². The summed E-state index contributed by atoms with van der Waals surface area (Å²) in [6.45, 7) is 5.36. The molecule has 30 heavy (non-hydrogen) atoms. The van der Waals surface area contributed by atoms with Crippen LogP contribution >= 0.6 is 23.1 Å². The Kier molecular flexibility index (Phi) is 5.86. The lowest BCUT2D eigenvalue weighted by Crippen LogP contribution is -2.41. The van der Waals surface area contributed by atoms with Crippen LogP contribution in [0, 0.1) is 12.7 Å². The second-order valence-electron chi connectivity index (χ2n) is 7.11. The number of benzene rings is 1. The first kappa shape index (κ1) is 20.9. The zero-order valence-electron chi connectivity index (χ0n) is 16.9. The molecule has 1 aromatic carbocycles. The van der Waals surface area contributed by atoms with E-state index >= 15 is 0 Å². The number of aryl methyl sites for hydroxylation is 1. The number of methoxy groups -OCH3 is 1. The lowest BCUT2D eigenvalue weighted by Gasteiger charge is -2.35. The molecular formula is C20H21ClFN5O2S.